The Balaban J connectivity index is 2.43. The number of halogens is 1. The van der Waals surface area contributed by atoms with Crippen molar-refractivity contribution in [1.82, 2.24) is 0 Å². The maximum atomic E-state index is 12.3. The summed E-state index contributed by atoms with van der Waals surface area (Å²) in [6.45, 7) is 3.95. The molecule has 0 saturated heterocycles. The normalized spacial score (nSPS) is 11.4. The van der Waals surface area contributed by atoms with Gasteiger partial charge in [-0.2, -0.15) is 0 Å². The van der Waals surface area contributed by atoms with Crippen LogP contribution < -0.4 is 0 Å². The van der Waals surface area contributed by atoms with Crippen molar-refractivity contribution < 1.29 is 19.8 Å². The Morgan fingerprint density at radius 1 is 1.20 bits per heavy atom. The fourth-order valence-corrected chi connectivity index (χ4v) is 2.59. The van der Waals surface area contributed by atoms with Gasteiger partial charge in [-0.05, 0) is 43.2 Å². The van der Waals surface area contributed by atoms with E-state index in [-0.39, 0.29) is 23.6 Å². The first-order valence-electron chi connectivity index (χ1n) is 7.97. The van der Waals surface area contributed by atoms with Gasteiger partial charge in [0.05, 0.1) is 6.61 Å². The lowest BCUT2D eigenvalue weighted by atomic mass is 9.94. The summed E-state index contributed by atoms with van der Waals surface area (Å²) >= 11 is 5.89. The third-order valence-corrected chi connectivity index (χ3v) is 4.10. The van der Waals surface area contributed by atoms with E-state index in [1.54, 1.807) is 37.3 Å². The first-order valence-corrected chi connectivity index (χ1v) is 8.35. The lowest BCUT2D eigenvalue weighted by molar-refractivity contribution is 0.0495. The highest BCUT2D eigenvalue weighted by Gasteiger charge is 2.21. The molecule has 0 saturated carbocycles. The minimum Gasteiger partial charge on any atom is -0.507 e. The van der Waals surface area contributed by atoms with Crippen molar-refractivity contribution >= 4 is 23.3 Å². The Morgan fingerprint density at radius 2 is 1.88 bits per heavy atom. The fraction of sp³-hybridized carbons (Fsp3) is 0.263. The molecule has 2 N–H and O–H groups in total. The van der Waals surface area contributed by atoms with Crippen molar-refractivity contribution in [2.45, 2.75) is 26.7 Å². The number of hydrogen-bond donors (Lipinski definition) is 2. The highest BCUT2D eigenvalue weighted by molar-refractivity contribution is 6.30. The number of phenolic OH excluding ortho intramolecular Hbond substituents is 1. The molecule has 2 aromatic carbocycles. The van der Waals surface area contributed by atoms with E-state index < -0.39 is 5.97 Å². The predicted octanol–water partition coefficient (Wildman–Crippen LogP) is 4.54. The minimum atomic E-state index is -0.598. The molecule has 2 aromatic rings. The van der Waals surface area contributed by atoms with Crippen LogP contribution in [0.2, 0.25) is 5.02 Å². The number of unbranched alkanes of at least 4 members (excludes halogenated alkanes) is 1. The zero-order valence-corrected chi connectivity index (χ0v) is 14.9. The maximum Gasteiger partial charge on any atom is 0.342 e. The zero-order chi connectivity index (χ0) is 18.4. The Morgan fingerprint density at radius 3 is 2.48 bits per heavy atom. The van der Waals surface area contributed by atoms with Crippen LogP contribution in [0.1, 0.15) is 46.8 Å². The largest absolute Gasteiger partial charge is 0.507 e. The van der Waals surface area contributed by atoms with E-state index in [9.17, 15) is 15.1 Å². The fourth-order valence-electron chi connectivity index (χ4n) is 2.47. The van der Waals surface area contributed by atoms with Crippen LogP contribution in [-0.2, 0) is 4.74 Å². The van der Waals surface area contributed by atoms with E-state index in [2.05, 4.69) is 5.16 Å². The molecule has 0 aliphatic carbocycles. The number of ether oxygens (including phenoxy) is 1. The average molecular weight is 362 g/mol. The summed E-state index contributed by atoms with van der Waals surface area (Å²) in [4.78, 5) is 12.3. The summed E-state index contributed by atoms with van der Waals surface area (Å²) in [6.07, 6.45) is 1.65. The number of rotatable bonds is 6. The van der Waals surface area contributed by atoms with Crippen molar-refractivity contribution in [3.8, 4) is 5.75 Å². The summed E-state index contributed by atoms with van der Waals surface area (Å²) in [7, 11) is 0. The molecule has 0 heterocycles. The van der Waals surface area contributed by atoms with Gasteiger partial charge in [-0.15, -0.1) is 0 Å². The van der Waals surface area contributed by atoms with E-state index in [1.165, 1.54) is 6.07 Å². The molecule has 0 amide bonds. The second-order valence-corrected chi connectivity index (χ2v) is 6.01. The molecular formula is C19H20ClNO4. The van der Waals surface area contributed by atoms with Gasteiger partial charge in [0.15, 0.2) is 0 Å². The molecular weight excluding hydrogens is 342 g/mol. The summed E-state index contributed by atoms with van der Waals surface area (Å²) < 4.78 is 5.20. The van der Waals surface area contributed by atoms with Crippen molar-refractivity contribution in [3.63, 3.8) is 0 Å². The number of hydrogen-bond acceptors (Lipinski definition) is 5. The monoisotopic (exact) mass is 361 g/mol. The maximum absolute atomic E-state index is 12.3. The smallest absolute Gasteiger partial charge is 0.342 e. The molecule has 132 valence electrons. The van der Waals surface area contributed by atoms with Crippen molar-refractivity contribution in [1.29, 1.82) is 0 Å². The number of nitrogens with zero attached hydrogens (tertiary/aromatic N) is 1. The van der Waals surface area contributed by atoms with Gasteiger partial charge >= 0.3 is 5.97 Å². The molecule has 0 aliphatic heterocycles. The second-order valence-electron chi connectivity index (χ2n) is 5.58. The number of carbonyl (C=O) groups excluding carboxylic acids is 1. The molecule has 6 heteroatoms. The minimum absolute atomic E-state index is 0.0729. The van der Waals surface area contributed by atoms with Crippen molar-refractivity contribution in [3.05, 3.63) is 63.7 Å². The van der Waals surface area contributed by atoms with Gasteiger partial charge < -0.3 is 15.1 Å². The topological polar surface area (TPSA) is 79.1 Å². The van der Waals surface area contributed by atoms with Crippen LogP contribution in [0.15, 0.2) is 41.6 Å². The Labute approximate surface area is 151 Å². The first kappa shape index (κ1) is 18.8. The van der Waals surface area contributed by atoms with Crippen LogP contribution in [-0.4, -0.2) is 28.6 Å². The van der Waals surface area contributed by atoms with Gasteiger partial charge in [-0.25, -0.2) is 4.79 Å². The molecule has 0 fully saturated rings. The molecule has 0 spiro atoms. The molecule has 0 bridgehead atoms. The van der Waals surface area contributed by atoms with Crippen LogP contribution >= 0.6 is 11.6 Å². The third-order valence-electron chi connectivity index (χ3n) is 3.85. The lowest BCUT2D eigenvalue weighted by Crippen LogP contribution is -2.13. The molecule has 0 aromatic heterocycles. The van der Waals surface area contributed by atoms with Gasteiger partial charge in [0.2, 0.25) is 0 Å². The molecule has 0 aliphatic rings. The Bertz CT molecular complexity index is 785. The van der Waals surface area contributed by atoms with Crippen LogP contribution in [0.5, 0.6) is 5.75 Å². The van der Waals surface area contributed by atoms with E-state index in [1.807, 2.05) is 6.92 Å². The molecule has 0 radical (unpaired) electrons. The highest BCUT2D eigenvalue weighted by atomic mass is 35.5. The number of oxime groups is 1. The standard InChI is InChI=1S/C19H20ClNO4/c1-3-4-11-25-19(23)17-12(2)15(9-10-16(17)22)18(21-24)13-5-7-14(20)8-6-13/h5-10,22,24H,3-4,11H2,1-2H3. The van der Waals surface area contributed by atoms with Crippen molar-refractivity contribution in [2.75, 3.05) is 6.61 Å². The quantitative estimate of drug-likeness (QED) is 0.260. The Hall–Kier alpha value is -2.53. The lowest BCUT2D eigenvalue weighted by Gasteiger charge is -2.14. The average Bonchev–Trinajstić information content (AvgIpc) is 2.59. The van der Waals surface area contributed by atoms with Crippen LogP contribution in [0.25, 0.3) is 0 Å². The van der Waals surface area contributed by atoms with E-state index in [0.717, 1.165) is 12.8 Å². The van der Waals surface area contributed by atoms with Gasteiger partial charge in [-0.1, -0.05) is 42.2 Å². The molecule has 0 atom stereocenters. The zero-order valence-electron chi connectivity index (χ0n) is 14.1. The van der Waals surface area contributed by atoms with Crippen LogP contribution in [0, 0.1) is 6.92 Å². The molecule has 0 unspecified atom stereocenters. The molecule has 2 rings (SSSR count). The SMILES string of the molecule is CCCCOC(=O)c1c(O)ccc(C(=NO)c2ccc(Cl)cc2)c1C. The van der Waals surface area contributed by atoms with Gasteiger partial charge in [-0.3, -0.25) is 0 Å². The number of benzene rings is 2. The number of carbonyl (C=O) groups is 1. The summed E-state index contributed by atoms with van der Waals surface area (Å²) in [5, 5.41) is 23.5. The first-order chi connectivity index (χ1) is 12.0. The van der Waals surface area contributed by atoms with E-state index in [0.29, 0.717) is 21.7 Å². The Kier molecular flexibility index (Phi) is 6.42. The van der Waals surface area contributed by atoms with Gasteiger partial charge in [0.1, 0.15) is 17.0 Å². The van der Waals surface area contributed by atoms with Gasteiger partial charge in [0.25, 0.3) is 0 Å². The van der Waals surface area contributed by atoms with Gasteiger partial charge in [0, 0.05) is 16.1 Å². The third kappa shape index (κ3) is 4.31. The number of aromatic hydroxyl groups is 1. The summed E-state index contributed by atoms with van der Waals surface area (Å²) in [5.74, 6) is -0.769. The number of esters is 1. The second kappa shape index (κ2) is 8.53. The summed E-state index contributed by atoms with van der Waals surface area (Å²) in [6, 6.07) is 9.76. The number of phenols is 1. The van der Waals surface area contributed by atoms with Crippen molar-refractivity contribution in [2.24, 2.45) is 5.16 Å². The molecule has 25 heavy (non-hydrogen) atoms. The van der Waals surface area contributed by atoms with Crippen LogP contribution in [0.4, 0.5) is 0 Å². The highest BCUT2D eigenvalue weighted by Crippen LogP contribution is 2.27. The predicted molar refractivity (Wildman–Crippen MR) is 96.9 cm³/mol. The van der Waals surface area contributed by atoms with Crippen LogP contribution in [0.3, 0.4) is 0 Å². The van der Waals surface area contributed by atoms with E-state index >= 15 is 0 Å². The summed E-state index contributed by atoms with van der Waals surface area (Å²) in [5.41, 5.74) is 1.97. The van der Waals surface area contributed by atoms with E-state index in [4.69, 9.17) is 16.3 Å². The molecule has 5 nitrogen and oxygen atoms in total.